The lowest BCUT2D eigenvalue weighted by Gasteiger charge is -1.99. The van der Waals surface area contributed by atoms with Crippen LogP contribution >= 0.6 is 0 Å². The molecule has 0 aliphatic carbocycles. The summed E-state index contributed by atoms with van der Waals surface area (Å²) in [4.78, 5) is 0.384. The van der Waals surface area contributed by atoms with Crippen LogP contribution in [0.2, 0.25) is 0 Å². The van der Waals surface area contributed by atoms with Crippen molar-refractivity contribution >= 4 is 0 Å². The molecular formula is C10H10N2O3. The van der Waals surface area contributed by atoms with Crippen LogP contribution in [0.1, 0.15) is 5.69 Å². The average Bonchev–Trinajstić information content (AvgIpc) is 2.60. The van der Waals surface area contributed by atoms with Gasteiger partial charge in [0.2, 0.25) is 5.69 Å². The average molecular weight is 206 g/mol. The standard InChI is InChI=1S/C10H10N2O3/c1-7-10(11-15-12(7)13)8-4-3-5-9(6-8)14-2/h3-6H,1-2H3. The van der Waals surface area contributed by atoms with E-state index in [1.807, 2.05) is 18.2 Å². The minimum atomic E-state index is 0.384. The second-order valence-corrected chi connectivity index (χ2v) is 3.10. The molecular weight excluding hydrogens is 196 g/mol. The van der Waals surface area contributed by atoms with E-state index in [-0.39, 0.29) is 0 Å². The third-order valence-electron chi connectivity index (χ3n) is 2.17. The highest BCUT2D eigenvalue weighted by molar-refractivity contribution is 5.61. The zero-order valence-corrected chi connectivity index (χ0v) is 8.43. The largest absolute Gasteiger partial charge is 0.497 e. The smallest absolute Gasteiger partial charge is 0.251 e. The Morgan fingerprint density at radius 1 is 1.47 bits per heavy atom. The van der Waals surface area contributed by atoms with E-state index in [0.29, 0.717) is 22.0 Å². The van der Waals surface area contributed by atoms with Crippen LogP contribution in [0.25, 0.3) is 11.3 Å². The lowest BCUT2D eigenvalue weighted by Crippen LogP contribution is -2.25. The first-order valence-electron chi connectivity index (χ1n) is 4.43. The van der Waals surface area contributed by atoms with Gasteiger partial charge >= 0.3 is 0 Å². The molecule has 0 unspecified atom stereocenters. The summed E-state index contributed by atoms with van der Waals surface area (Å²) in [7, 11) is 1.59. The van der Waals surface area contributed by atoms with Crippen molar-refractivity contribution in [3.63, 3.8) is 0 Å². The van der Waals surface area contributed by atoms with Crippen LogP contribution < -0.4 is 9.64 Å². The molecule has 5 nitrogen and oxygen atoms in total. The number of hydrogen-bond acceptors (Lipinski definition) is 4. The number of nitrogens with zero attached hydrogens (tertiary/aromatic N) is 2. The van der Waals surface area contributed by atoms with Gasteiger partial charge in [-0.25, -0.2) is 0 Å². The Labute approximate surface area is 86.4 Å². The molecule has 0 saturated heterocycles. The summed E-state index contributed by atoms with van der Waals surface area (Å²) in [6.45, 7) is 1.65. The van der Waals surface area contributed by atoms with Crippen LogP contribution in [-0.2, 0) is 0 Å². The molecule has 15 heavy (non-hydrogen) atoms. The number of benzene rings is 1. The quantitative estimate of drug-likeness (QED) is 0.694. The Balaban J connectivity index is 2.49. The summed E-state index contributed by atoms with van der Waals surface area (Å²) < 4.78 is 9.57. The van der Waals surface area contributed by atoms with E-state index in [1.54, 1.807) is 20.1 Å². The molecule has 2 rings (SSSR count). The number of hydrogen-bond donors (Lipinski definition) is 0. The maximum absolute atomic E-state index is 11.0. The van der Waals surface area contributed by atoms with E-state index in [2.05, 4.69) is 9.79 Å². The first-order valence-corrected chi connectivity index (χ1v) is 4.43. The molecule has 5 heteroatoms. The molecule has 0 fully saturated rings. The van der Waals surface area contributed by atoms with Crippen LogP contribution in [0, 0.1) is 12.1 Å². The monoisotopic (exact) mass is 206 g/mol. The van der Waals surface area contributed by atoms with E-state index in [4.69, 9.17) is 4.74 Å². The maximum atomic E-state index is 11.0. The third kappa shape index (κ3) is 1.63. The van der Waals surface area contributed by atoms with Crippen LogP contribution in [0.5, 0.6) is 5.75 Å². The van der Waals surface area contributed by atoms with Gasteiger partial charge in [0.1, 0.15) is 5.75 Å². The van der Waals surface area contributed by atoms with E-state index in [0.717, 1.165) is 5.56 Å². The SMILES string of the molecule is COc1cccc(-c2no[n+]([O-])c2C)c1. The highest BCUT2D eigenvalue weighted by Gasteiger charge is 2.16. The first kappa shape index (κ1) is 9.51. The van der Waals surface area contributed by atoms with Crippen molar-refractivity contribution in [3.8, 4) is 17.0 Å². The Morgan fingerprint density at radius 2 is 2.27 bits per heavy atom. The molecule has 0 saturated carbocycles. The molecule has 1 aromatic heterocycles. The van der Waals surface area contributed by atoms with Crippen molar-refractivity contribution < 1.29 is 14.3 Å². The zero-order valence-electron chi connectivity index (χ0n) is 8.43. The Kier molecular flexibility index (Phi) is 2.29. The molecule has 78 valence electrons. The highest BCUT2D eigenvalue weighted by atomic mass is 16.8. The molecule has 0 aliphatic heterocycles. The highest BCUT2D eigenvalue weighted by Crippen LogP contribution is 2.23. The number of rotatable bonds is 2. The van der Waals surface area contributed by atoms with E-state index < -0.39 is 0 Å². The summed E-state index contributed by atoms with van der Waals surface area (Å²) in [5.41, 5.74) is 1.76. The second kappa shape index (κ2) is 3.61. The van der Waals surface area contributed by atoms with E-state index in [1.165, 1.54) is 0 Å². The van der Waals surface area contributed by atoms with Crippen molar-refractivity contribution in [2.24, 2.45) is 0 Å². The van der Waals surface area contributed by atoms with Gasteiger partial charge in [-0.3, -0.25) is 4.63 Å². The third-order valence-corrected chi connectivity index (χ3v) is 2.17. The first-order chi connectivity index (χ1) is 7.22. The molecule has 0 atom stereocenters. The summed E-state index contributed by atoms with van der Waals surface area (Å²) in [6, 6.07) is 7.29. The van der Waals surface area contributed by atoms with Gasteiger partial charge in [0.25, 0.3) is 5.69 Å². The Morgan fingerprint density at radius 3 is 2.87 bits per heavy atom. The molecule has 0 radical (unpaired) electrons. The predicted molar refractivity (Wildman–Crippen MR) is 52.2 cm³/mol. The lowest BCUT2D eigenvalue weighted by atomic mass is 10.1. The zero-order chi connectivity index (χ0) is 10.8. The number of methoxy groups -OCH3 is 1. The summed E-state index contributed by atoms with van der Waals surface area (Å²) in [5.74, 6) is 0.715. The fourth-order valence-electron chi connectivity index (χ4n) is 1.32. The van der Waals surface area contributed by atoms with E-state index >= 15 is 0 Å². The van der Waals surface area contributed by atoms with Gasteiger partial charge in [-0.05, 0) is 17.0 Å². The maximum Gasteiger partial charge on any atom is 0.251 e. The Bertz CT molecular complexity index is 479. The van der Waals surface area contributed by atoms with Crippen molar-refractivity contribution in [2.75, 3.05) is 7.11 Å². The van der Waals surface area contributed by atoms with Gasteiger partial charge in [0, 0.05) is 17.6 Å². The molecule has 1 heterocycles. The van der Waals surface area contributed by atoms with Crippen molar-refractivity contribution in [3.05, 3.63) is 35.2 Å². The molecule has 0 aliphatic rings. The predicted octanol–water partition coefficient (Wildman–Crippen LogP) is 1.29. The van der Waals surface area contributed by atoms with Crippen molar-refractivity contribution in [2.45, 2.75) is 6.92 Å². The van der Waals surface area contributed by atoms with Crippen LogP contribution in [0.15, 0.2) is 28.9 Å². The topological polar surface area (TPSA) is 62.2 Å². The summed E-state index contributed by atoms with van der Waals surface area (Å²) in [6.07, 6.45) is 0. The molecule has 0 N–H and O–H groups in total. The van der Waals surface area contributed by atoms with Gasteiger partial charge in [0.05, 0.1) is 7.11 Å². The minimum Gasteiger partial charge on any atom is -0.497 e. The fourth-order valence-corrected chi connectivity index (χ4v) is 1.32. The molecule has 0 amide bonds. The van der Waals surface area contributed by atoms with E-state index in [9.17, 15) is 5.21 Å². The molecule has 1 aromatic carbocycles. The summed E-state index contributed by atoms with van der Waals surface area (Å²) >= 11 is 0. The van der Waals surface area contributed by atoms with Gasteiger partial charge in [-0.2, -0.15) is 0 Å². The van der Waals surface area contributed by atoms with Crippen LogP contribution in [0.3, 0.4) is 0 Å². The van der Waals surface area contributed by atoms with Crippen molar-refractivity contribution in [1.29, 1.82) is 0 Å². The number of ether oxygens (including phenoxy) is 1. The summed E-state index contributed by atoms with van der Waals surface area (Å²) in [5, 5.41) is 14.7. The minimum absolute atomic E-state index is 0.384. The molecule has 2 aromatic rings. The Hall–Kier alpha value is -2.04. The number of aromatic nitrogens is 2. The lowest BCUT2D eigenvalue weighted by molar-refractivity contribution is -0.806. The van der Waals surface area contributed by atoms with Gasteiger partial charge in [-0.1, -0.05) is 12.1 Å². The second-order valence-electron chi connectivity index (χ2n) is 3.10. The van der Waals surface area contributed by atoms with Gasteiger partial charge in [0.15, 0.2) is 0 Å². The fraction of sp³-hybridized carbons (Fsp3) is 0.200. The van der Waals surface area contributed by atoms with Crippen LogP contribution in [-0.4, -0.2) is 12.3 Å². The normalized spacial score (nSPS) is 10.3. The van der Waals surface area contributed by atoms with Gasteiger partial charge < -0.3 is 9.94 Å². The van der Waals surface area contributed by atoms with Gasteiger partial charge in [-0.15, -0.1) is 0 Å². The molecule has 0 bridgehead atoms. The van der Waals surface area contributed by atoms with Crippen molar-refractivity contribution in [1.82, 2.24) is 5.16 Å². The molecule has 0 spiro atoms. The van der Waals surface area contributed by atoms with Crippen LogP contribution in [0.4, 0.5) is 0 Å².